The van der Waals surface area contributed by atoms with Crippen LogP contribution in [0.25, 0.3) is 0 Å². The van der Waals surface area contributed by atoms with Crippen molar-refractivity contribution in [3.8, 4) is 0 Å². The maximum atomic E-state index is 12.2. The van der Waals surface area contributed by atoms with Crippen LogP contribution in [0, 0.1) is 5.92 Å². The molecule has 2 aliphatic rings. The van der Waals surface area contributed by atoms with Crippen molar-refractivity contribution in [2.24, 2.45) is 11.7 Å². The molecule has 1 saturated heterocycles. The summed E-state index contributed by atoms with van der Waals surface area (Å²) in [6, 6.07) is 0.120. The van der Waals surface area contributed by atoms with Gasteiger partial charge in [0.05, 0.1) is 24.0 Å². The Morgan fingerprint density at radius 3 is 3.19 bits per heavy atom. The molecule has 4 atom stereocenters. The number of nitrogens with two attached hydrogens (primary N) is 1. The second-order valence-electron chi connectivity index (χ2n) is 5.79. The van der Waals surface area contributed by atoms with Gasteiger partial charge in [-0.3, -0.25) is 4.79 Å². The molecule has 3 N–H and O–H groups in total. The number of nitrogens with zero attached hydrogens (tertiary/aromatic N) is 2. The standard InChI is InChI=1S/C14H21BrN4O2/c1-2-5-19-14(20)10(15)9(7-17-19)18-12-11(16)8-4-3-6-21-13(8)12/h7-8,11-13,18H,2-6,16H2,1H3. The third-order valence-corrected chi connectivity index (χ3v) is 5.19. The van der Waals surface area contributed by atoms with Gasteiger partial charge in [0.1, 0.15) is 4.47 Å². The molecule has 2 heterocycles. The minimum absolute atomic E-state index is 0.0508. The number of fused-ring (bicyclic) bond motifs is 1. The second-order valence-corrected chi connectivity index (χ2v) is 6.58. The Morgan fingerprint density at radius 1 is 1.62 bits per heavy atom. The third-order valence-electron chi connectivity index (χ3n) is 4.42. The van der Waals surface area contributed by atoms with Gasteiger partial charge >= 0.3 is 0 Å². The molecule has 0 amide bonds. The first-order valence-corrected chi connectivity index (χ1v) is 8.32. The van der Waals surface area contributed by atoms with Gasteiger partial charge in [0.25, 0.3) is 5.56 Å². The van der Waals surface area contributed by atoms with Crippen LogP contribution in [-0.2, 0) is 11.3 Å². The van der Waals surface area contributed by atoms with Gasteiger partial charge in [0.15, 0.2) is 0 Å². The van der Waals surface area contributed by atoms with Crippen molar-refractivity contribution in [3.63, 3.8) is 0 Å². The zero-order valence-corrected chi connectivity index (χ0v) is 13.7. The van der Waals surface area contributed by atoms with E-state index in [4.69, 9.17) is 10.5 Å². The quantitative estimate of drug-likeness (QED) is 0.850. The van der Waals surface area contributed by atoms with Crippen LogP contribution >= 0.6 is 15.9 Å². The van der Waals surface area contributed by atoms with Gasteiger partial charge in [-0.25, -0.2) is 4.68 Å². The Morgan fingerprint density at radius 2 is 2.43 bits per heavy atom. The molecule has 1 aromatic heterocycles. The van der Waals surface area contributed by atoms with Crippen molar-refractivity contribution in [2.45, 2.75) is 50.9 Å². The number of aromatic nitrogens is 2. The van der Waals surface area contributed by atoms with E-state index in [2.05, 4.69) is 26.3 Å². The van der Waals surface area contributed by atoms with E-state index < -0.39 is 0 Å². The number of aryl methyl sites for hydroxylation is 1. The lowest BCUT2D eigenvalue weighted by Gasteiger charge is -2.52. The van der Waals surface area contributed by atoms with Crippen LogP contribution in [0.4, 0.5) is 5.69 Å². The SMILES string of the molecule is CCCn1ncc(NC2C(N)C3CCCOC32)c(Br)c1=O. The molecule has 6 nitrogen and oxygen atoms in total. The van der Waals surface area contributed by atoms with Crippen molar-refractivity contribution < 1.29 is 4.74 Å². The number of hydrogen-bond acceptors (Lipinski definition) is 5. The normalized spacial score (nSPS) is 31.4. The minimum Gasteiger partial charge on any atom is -0.376 e. The third kappa shape index (κ3) is 2.62. The summed E-state index contributed by atoms with van der Waals surface area (Å²) in [6.07, 6.45) is 4.92. The maximum absolute atomic E-state index is 12.2. The van der Waals surface area contributed by atoms with Crippen LogP contribution in [0.5, 0.6) is 0 Å². The zero-order chi connectivity index (χ0) is 15.0. The summed E-state index contributed by atoms with van der Waals surface area (Å²) < 4.78 is 7.78. The monoisotopic (exact) mass is 356 g/mol. The van der Waals surface area contributed by atoms with Crippen molar-refractivity contribution in [1.82, 2.24) is 9.78 Å². The first kappa shape index (κ1) is 15.0. The topological polar surface area (TPSA) is 82.2 Å². The van der Waals surface area contributed by atoms with Gasteiger partial charge in [0, 0.05) is 25.1 Å². The minimum atomic E-state index is -0.115. The molecule has 1 saturated carbocycles. The highest BCUT2D eigenvalue weighted by atomic mass is 79.9. The van der Waals surface area contributed by atoms with Crippen LogP contribution in [-0.4, -0.2) is 34.6 Å². The Labute approximate surface area is 132 Å². The van der Waals surface area contributed by atoms with Gasteiger partial charge in [0.2, 0.25) is 0 Å². The fraction of sp³-hybridized carbons (Fsp3) is 0.714. The second kappa shape index (κ2) is 6.06. The number of hydrogen-bond donors (Lipinski definition) is 2. The van der Waals surface area contributed by atoms with Gasteiger partial charge < -0.3 is 15.8 Å². The smallest absolute Gasteiger partial charge is 0.283 e. The van der Waals surface area contributed by atoms with E-state index in [0.717, 1.165) is 25.9 Å². The predicted molar refractivity (Wildman–Crippen MR) is 84.3 cm³/mol. The first-order valence-electron chi connectivity index (χ1n) is 7.52. The average Bonchev–Trinajstić information content (AvgIpc) is 2.51. The zero-order valence-electron chi connectivity index (χ0n) is 12.1. The summed E-state index contributed by atoms with van der Waals surface area (Å²) in [4.78, 5) is 12.2. The largest absolute Gasteiger partial charge is 0.376 e. The fourth-order valence-corrected chi connectivity index (χ4v) is 3.66. The summed E-state index contributed by atoms with van der Waals surface area (Å²) in [5.74, 6) is 0.434. The number of anilines is 1. The van der Waals surface area contributed by atoms with Crippen LogP contribution in [0.15, 0.2) is 15.5 Å². The average molecular weight is 357 g/mol. The van der Waals surface area contributed by atoms with Crippen LogP contribution in [0.3, 0.4) is 0 Å². The van der Waals surface area contributed by atoms with Crippen molar-refractivity contribution >= 4 is 21.6 Å². The molecule has 7 heteroatoms. The van der Waals surface area contributed by atoms with Crippen LogP contribution in [0.2, 0.25) is 0 Å². The van der Waals surface area contributed by atoms with Gasteiger partial charge in [-0.15, -0.1) is 0 Å². The molecule has 1 aliphatic carbocycles. The van der Waals surface area contributed by atoms with E-state index in [0.29, 0.717) is 22.6 Å². The van der Waals surface area contributed by atoms with Gasteiger partial charge in [-0.05, 0) is 35.2 Å². The highest BCUT2D eigenvalue weighted by Crippen LogP contribution is 2.39. The lowest BCUT2D eigenvalue weighted by atomic mass is 9.68. The van der Waals surface area contributed by atoms with E-state index in [1.54, 1.807) is 6.20 Å². The Hall–Kier alpha value is -0.920. The summed E-state index contributed by atoms with van der Waals surface area (Å²) in [5, 5.41) is 7.53. The Bertz CT molecular complexity index is 577. The number of nitrogens with one attached hydrogen (secondary N) is 1. The molecule has 21 heavy (non-hydrogen) atoms. The van der Waals surface area contributed by atoms with E-state index in [-0.39, 0.29) is 23.7 Å². The predicted octanol–water partition coefficient (Wildman–Crippen LogP) is 1.33. The fourth-order valence-electron chi connectivity index (χ4n) is 3.24. The molecular weight excluding hydrogens is 336 g/mol. The lowest BCUT2D eigenvalue weighted by Crippen LogP contribution is -2.69. The van der Waals surface area contributed by atoms with E-state index in [1.807, 2.05) is 6.92 Å². The molecule has 3 rings (SSSR count). The van der Waals surface area contributed by atoms with E-state index in [1.165, 1.54) is 4.68 Å². The summed E-state index contributed by atoms with van der Waals surface area (Å²) >= 11 is 3.37. The van der Waals surface area contributed by atoms with E-state index in [9.17, 15) is 4.79 Å². The van der Waals surface area contributed by atoms with Crippen molar-refractivity contribution in [2.75, 3.05) is 11.9 Å². The molecule has 116 valence electrons. The molecule has 1 aromatic rings. The highest BCUT2D eigenvalue weighted by Gasteiger charge is 2.50. The van der Waals surface area contributed by atoms with Gasteiger partial charge in [-0.1, -0.05) is 6.92 Å². The summed E-state index contributed by atoms with van der Waals surface area (Å²) in [5.41, 5.74) is 6.81. The molecule has 0 aromatic carbocycles. The molecular formula is C14H21BrN4O2. The summed E-state index contributed by atoms with van der Waals surface area (Å²) in [7, 11) is 0. The lowest BCUT2D eigenvalue weighted by molar-refractivity contribution is -0.104. The first-order chi connectivity index (χ1) is 10.1. The summed E-state index contributed by atoms with van der Waals surface area (Å²) in [6.45, 7) is 3.43. The molecule has 4 unspecified atom stereocenters. The molecule has 0 bridgehead atoms. The van der Waals surface area contributed by atoms with Crippen molar-refractivity contribution in [1.29, 1.82) is 0 Å². The maximum Gasteiger partial charge on any atom is 0.283 e. The van der Waals surface area contributed by atoms with Crippen molar-refractivity contribution in [3.05, 3.63) is 21.0 Å². The highest BCUT2D eigenvalue weighted by molar-refractivity contribution is 9.10. The van der Waals surface area contributed by atoms with Gasteiger partial charge in [-0.2, -0.15) is 5.10 Å². The molecule has 0 spiro atoms. The Balaban J connectivity index is 1.76. The van der Waals surface area contributed by atoms with Crippen LogP contribution in [0.1, 0.15) is 26.2 Å². The molecule has 2 fully saturated rings. The molecule has 1 aliphatic heterocycles. The van der Waals surface area contributed by atoms with Crippen LogP contribution < -0.4 is 16.6 Å². The Kier molecular flexibility index (Phi) is 4.33. The number of ether oxygens (including phenoxy) is 1. The molecule has 0 radical (unpaired) electrons. The number of halogens is 1. The number of rotatable bonds is 4. The van der Waals surface area contributed by atoms with E-state index >= 15 is 0 Å².